The molecule has 4 fully saturated rings. The molecule has 4 saturated carbocycles. The van der Waals surface area contributed by atoms with Gasteiger partial charge in [-0.25, -0.2) is 0 Å². The largest absolute Gasteiger partial charge is 0.462 e. The molecule has 4 aliphatic rings. The zero-order chi connectivity index (χ0) is 27.5. The van der Waals surface area contributed by atoms with E-state index in [2.05, 4.69) is 41.5 Å². The lowest BCUT2D eigenvalue weighted by molar-refractivity contribution is -0.217. The highest BCUT2D eigenvalue weighted by atomic mass is 16.5. The van der Waals surface area contributed by atoms with E-state index in [-0.39, 0.29) is 47.3 Å². The normalized spacial score (nSPS) is 44.8. The maximum absolute atomic E-state index is 13.7. The van der Waals surface area contributed by atoms with Gasteiger partial charge in [-0.1, -0.05) is 48.0 Å². The zero-order valence-electron chi connectivity index (χ0n) is 24.2. The van der Waals surface area contributed by atoms with E-state index in [4.69, 9.17) is 4.74 Å². The van der Waals surface area contributed by atoms with Crippen LogP contribution in [0.3, 0.4) is 0 Å². The average Bonchev–Trinajstić information content (AvgIpc) is 3.17. The lowest BCUT2D eigenvalue weighted by Crippen LogP contribution is -2.67. The van der Waals surface area contributed by atoms with Crippen LogP contribution in [0.1, 0.15) is 106 Å². The highest BCUT2D eigenvalue weighted by Crippen LogP contribution is 2.68. The van der Waals surface area contributed by atoms with Crippen LogP contribution in [0.4, 0.5) is 0 Å². The molecule has 0 spiro atoms. The monoisotopic (exact) mass is 520 g/mol. The third-order valence-electron chi connectivity index (χ3n) is 12.3. The Morgan fingerprint density at radius 1 is 1.03 bits per heavy atom. The van der Waals surface area contributed by atoms with Crippen LogP contribution >= 0.6 is 0 Å². The summed E-state index contributed by atoms with van der Waals surface area (Å²) in [5.41, 5.74) is -1.92. The van der Waals surface area contributed by atoms with Gasteiger partial charge in [0.25, 0.3) is 0 Å². The zero-order valence-corrected chi connectivity index (χ0v) is 24.2. The van der Waals surface area contributed by atoms with Gasteiger partial charge in [0.2, 0.25) is 0 Å². The van der Waals surface area contributed by atoms with Gasteiger partial charge in [0.1, 0.15) is 11.7 Å². The van der Waals surface area contributed by atoms with Crippen LogP contribution in [0.2, 0.25) is 0 Å². The number of carbonyl (C=O) groups excluding carboxylic acids is 2. The predicted molar refractivity (Wildman–Crippen MR) is 142 cm³/mol. The number of Topliss-reactive ketones (excluding diaryl/α,β-unsaturated/α-hetero) is 1. The fourth-order valence-electron chi connectivity index (χ4n) is 10.2. The maximum Gasteiger partial charge on any atom is 0.302 e. The molecule has 0 aromatic heterocycles. The van der Waals surface area contributed by atoms with Gasteiger partial charge in [-0.3, -0.25) is 9.59 Å². The summed E-state index contributed by atoms with van der Waals surface area (Å²) >= 11 is 0. The van der Waals surface area contributed by atoms with Gasteiger partial charge in [0.15, 0.2) is 5.78 Å². The van der Waals surface area contributed by atoms with Crippen molar-refractivity contribution in [2.24, 2.45) is 52.3 Å². The van der Waals surface area contributed by atoms with E-state index in [0.717, 1.165) is 32.1 Å². The number of rotatable bonds is 7. The molecule has 0 aliphatic heterocycles. The third kappa shape index (κ3) is 4.51. The molecular formula is C31H52O6. The number of ketones is 1. The lowest BCUT2D eigenvalue weighted by atomic mass is 9.42. The number of carbonyl (C=O) groups is 2. The lowest BCUT2D eigenvalue weighted by Gasteiger charge is -2.63. The molecule has 0 saturated heterocycles. The van der Waals surface area contributed by atoms with E-state index < -0.39 is 29.3 Å². The molecule has 0 radical (unpaired) electrons. The van der Waals surface area contributed by atoms with Crippen molar-refractivity contribution in [2.75, 3.05) is 0 Å². The Hall–Kier alpha value is -0.980. The molecule has 4 aliphatic carbocycles. The predicted octanol–water partition coefficient (Wildman–Crippen LogP) is 4.91. The van der Waals surface area contributed by atoms with E-state index >= 15 is 0 Å². The number of hydrogen-bond acceptors (Lipinski definition) is 6. The average molecular weight is 521 g/mol. The van der Waals surface area contributed by atoms with Crippen molar-refractivity contribution < 1.29 is 29.6 Å². The molecular weight excluding hydrogens is 468 g/mol. The van der Waals surface area contributed by atoms with Crippen molar-refractivity contribution in [3.63, 3.8) is 0 Å². The summed E-state index contributed by atoms with van der Waals surface area (Å²) in [6.07, 6.45) is 4.99. The molecule has 0 bridgehead atoms. The van der Waals surface area contributed by atoms with Crippen LogP contribution < -0.4 is 0 Å². The van der Waals surface area contributed by atoms with Crippen molar-refractivity contribution in [2.45, 2.75) is 130 Å². The highest BCUT2D eigenvalue weighted by Gasteiger charge is 2.68. The van der Waals surface area contributed by atoms with Crippen LogP contribution in [0.5, 0.6) is 0 Å². The van der Waals surface area contributed by atoms with Crippen LogP contribution in [-0.4, -0.2) is 51.0 Å². The Morgan fingerprint density at radius 2 is 1.70 bits per heavy atom. The van der Waals surface area contributed by atoms with E-state index in [1.807, 2.05) is 0 Å². The second-order valence-electron chi connectivity index (χ2n) is 14.1. The summed E-state index contributed by atoms with van der Waals surface area (Å²) < 4.78 is 5.45. The van der Waals surface area contributed by atoms with Crippen LogP contribution in [0.15, 0.2) is 0 Å². The summed E-state index contributed by atoms with van der Waals surface area (Å²) in [5, 5.41) is 34.3. The van der Waals surface area contributed by atoms with Crippen LogP contribution in [-0.2, 0) is 14.3 Å². The van der Waals surface area contributed by atoms with Crippen LogP contribution in [0, 0.1) is 52.3 Å². The molecule has 37 heavy (non-hydrogen) atoms. The molecule has 6 nitrogen and oxygen atoms in total. The Balaban J connectivity index is 1.55. The molecule has 4 rings (SSSR count). The molecule has 12 atom stereocenters. The Bertz CT molecular complexity index is 872. The van der Waals surface area contributed by atoms with Gasteiger partial charge in [-0.05, 0) is 85.4 Å². The first-order chi connectivity index (χ1) is 17.2. The summed E-state index contributed by atoms with van der Waals surface area (Å²) in [6, 6.07) is 0. The van der Waals surface area contributed by atoms with Crippen molar-refractivity contribution in [1.29, 1.82) is 0 Å². The Morgan fingerprint density at radius 3 is 2.30 bits per heavy atom. The van der Waals surface area contributed by atoms with Crippen molar-refractivity contribution in [3.8, 4) is 0 Å². The van der Waals surface area contributed by atoms with E-state index in [0.29, 0.717) is 37.0 Å². The van der Waals surface area contributed by atoms with Gasteiger partial charge in [0.05, 0.1) is 12.2 Å². The summed E-state index contributed by atoms with van der Waals surface area (Å²) in [4.78, 5) is 25.2. The third-order valence-corrected chi connectivity index (χ3v) is 12.3. The second-order valence-corrected chi connectivity index (χ2v) is 14.1. The molecule has 0 aromatic rings. The minimum absolute atomic E-state index is 0.0136. The summed E-state index contributed by atoms with van der Waals surface area (Å²) in [7, 11) is 0. The fraction of sp³-hybridized carbons (Fsp3) is 0.935. The molecule has 0 aromatic carbocycles. The number of aliphatic hydroxyl groups excluding tert-OH is 2. The van der Waals surface area contributed by atoms with Gasteiger partial charge < -0.3 is 20.1 Å². The van der Waals surface area contributed by atoms with Gasteiger partial charge in [0, 0.05) is 25.2 Å². The number of aliphatic hydroxyl groups is 3. The smallest absolute Gasteiger partial charge is 0.302 e. The molecule has 0 heterocycles. The van der Waals surface area contributed by atoms with E-state index in [9.17, 15) is 24.9 Å². The standard InChI is InChI=1S/C31H52O6/c1-8-21(17(2)3)28(35)27(34)18(4)23-9-10-24-22-15-26(33)31(36)16-20(37-19(5)32)11-14-30(31,7)25(22)12-13-29(23,24)6/h17-18,20-25,27-28,34-36H,8-16H2,1-7H3/t18-,20-,21-,22?,23?,24?,25?,27+,28+,29+,30+,31-/m0/s1. The second kappa shape index (κ2) is 10.2. The first-order valence-electron chi connectivity index (χ1n) is 15.0. The number of ether oxygens (including phenoxy) is 1. The van der Waals surface area contributed by atoms with Crippen molar-refractivity contribution in [1.82, 2.24) is 0 Å². The number of fused-ring (bicyclic) bond motifs is 5. The Labute approximate surface area is 223 Å². The van der Waals surface area contributed by atoms with Gasteiger partial charge in [-0.2, -0.15) is 0 Å². The van der Waals surface area contributed by atoms with Gasteiger partial charge in [-0.15, -0.1) is 0 Å². The van der Waals surface area contributed by atoms with Crippen molar-refractivity contribution in [3.05, 3.63) is 0 Å². The summed E-state index contributed by atoms with van der Waals surface area (Å²) in [6.45, 7) is 14.3. The Kier molecular flexibility index (Phi) is 8.00. The van der Waals surface area contributed by atoms with Crippen molar-refractivity contribution >= 4 is 11.8 Å². The molecule has 0 amide bonds. The number of hydrogen-bond donors (Lipinski definition) is 3. The summed E-state index contributed by atoms with van der Waals surface area (Å²) in [5.74, 6) is 1.13. The molecule has 3 N–H and O–H groups in total. The molecule has 6 heteroatoms. The highest BCUT2D eigenvalue weighted by molar-refractivity contribution is 5.89. The van der Waals surface area contributed by atoms with E-state index in [1.54, 1.807) is 0 Å². The SMILES string of the molecule is CC[C@@H](C(C)C)[C@@H](O)[C@H](O)[C@@H](C)C1CCC2C3CC(=O)[C@@]4(O)C[C@@H](OC(C)=O)CC[C@]4(C)C3CC[C@@]21C. The molecule has 4 unspecified atom stereocenters. The number of esters is 1. The topological polar surface area (TPSA) is 104 Å². The minimum atomic E-state index is -1.43. The van der Waals surface area contributed by atoms with Gasteiger partial charge >= 0.3 is 5.97 Å². The first-order valence-corrected chi connectivity index (χ1v) is 15.0. The fourth-order valence-corrected chi connectivity index (χ4v) is 10.2. The van der Waals surface area contributed by atoms with E-state index in [1.165, 1.54) is 6.92 Å². The molecule has 212 valence electrons. The maximum atomic E-state index is 13.7. The minimum Gasteiger partial charge on any atom is -0.462 e. The first kappa shape index (κ1) is 29.0. The quantitative estimate of drug-likeness (QED) is 0.412. The van der Waals surface area contributed by atoms with Crippen LogP contribution in [0.25, 0.3) is 0 Å².